The van der Waals surface area contributed by atoms with Gasteiger partial charge in [0.25, 0.3) is 0 Å². The zero-order valence-electron chi connectivity index (χ0n) is 17.1. The van der Waals surface area contributed by atoms with Gasteiger partial charge in [-0.25, -0.2) is 0 Å². The lowest BCUT2D eigenvalue weighted by Crippen LogP contribution is -2.30. The van der Waals surface area contributed by atoms with Crippen LogP contribution < -0.4 is 5.32 Å². The summed E-state index contributed by atoms with van der Waals surface area (Å²) >= 11 is 0. The second-order valence-electron chi connectivity index (χ2n) is 7.97. The van der Waals surface area contributed by atoms with Gasteiger partial charge in [0.05, 0.1) is 0 Å². The summed E-state index contributed by atoms with van der Waals surface area (Å²) < 4.78 is 0. The summed E-state index contributed by atoms with van der Waals surface area (Å²) in [7, 11) is 0. The molecule has 0 unspecified atom stereocenters. The molecule has 27 heavy (non-hydrogen) atoms. The molecule has 0 saturated heterocycles. The molecule has 1 aliphatic rings. The van der Waals surface area contributed by atoms with Gasteiger partial charge in [0.15, 0.2) is 0 Å². The van der Waals surface area contributed by atoms with Crippen molar-refractivity contribution in [2.24, 2.45) is 0 Å². The highest BCUT2D eigenvalue weighted by Gasteiger charge is 2.16. The zero-order valence-corrected chi connectivity index (χ0v) is 17.1. The molecular formula is C25H34N2. The van der Waals surface area contributed by atoms with Crippen LogP contribution in [0.1, 0.15) is 60.9 Å². The van der Waals surface area contributed by atoms with Gasteiger partial charge in [0.1, 0.15) is 0 Å². The van der Waals surface area contributed by atoms with Crippen LogP contribution in [0.3, 0.4) is 0 Å². The van der Waals surface area contributed by atoms with Crippen molar-refractivity contribution < 1.29 is 0 Å². The summed E-state index contributed by atoms with van der Waals surface area (Å²) in [6.45, 7) is 12.3. The van der Waals surface area contributed by atoms with Gasteiger partial charge >= 0.3 is 0 Å². The predicted octanol–water partition coefficient (Wildman–Crippen LogP) is 5.60. The molecule has 0 saturated carbocycles. The largest absolute Gasteiger partial charge is 0.385 e. The molecule has 1 heterocycles. The molecule has 1 N–H and O–H groups in total. The van der Waals surface area contributed by atoms with Crippen LogP contribution in [-0.4, -0.2) is 11.4 Å². The van der Waals surface area contributed by atoms with Crippen LogP contribution in [0.5, 0.6) is 0 Å². The third kappa shape index (κ3) is 5.97. The minimum absolute atomic E-state index is 0.854. The van der Waals surface area contributed by atoms with Crippen LogP contribution >= 0.6 is 0 Å². The average Bonchev–Trinajstić information content (AvgIpc) is 2.67. The molecular weight excluding hydrogens is 328 g/mol. The molecule has 0 aromatic heterocycles. The van der Waals surface area contributed by atoms with Crippen LogP contribution in [-0.2, 0) is 32.5 Å². The smallest absolute Gasteiger partial charge is 0.0397 e. The number of aryl methyl sites for hydroxylation is 1. The summed E-state index contributed by atoms with van der Waals surface area (Å²) in [4.78, 5) is 2.57. The maximum atomic E-state index is 3.89. The van der Waals surface area contributed by atoms with Gasteiger partial charge in [0, 0.05) is 31.9 Å². The van der Waals surface area contributed by atoms with E-state index in [0.717, 1.165) is 31.9 Å². The first kappa shape index (κ1) is 19.7. The molecule has 2 aromatic carbocycles. The van der Waals surface area contributed by atoms with Gasteiger partial charge in [0.2, 0.25) is 0 Å². The third-order valence-corrected chi connectivity index (χ3v) is 5.45. The first-order valence-electron chi connectivity index (χ1n) is 10.4. The van der Waals surface area contributed by atoms with Crippen molar-refractivity contribution in [3.05, 3.63) is 82.6 Å². The molecule has 2 aromatic rings. The Morgan fingerprint density at radius 3 is 2.48 bits per heavy atom. The van der Waals surface area contributed by atoms with Gasteiger partial charge in [-0.15, -0.1) is 0 Å². The normalized spacial score (nSPS) is 14.0. The number of hydrogen-bond donors (Lipinski definition) is 1. The number of fused-ring (bicyclic) bond motifs is 1. The van der Waals surface area contributed by atoms with Gasteiger partial charge < -0.3 is 5.32 Å². The van der Waals surface area contributed by atoms with Crippen molar-refractivity contribution in [2.45, 2.75) is 65.6 Å². The number of allylic oxidation sites excluding steroid dienone is 1. The van der Waals surface area contributed by atoms with Crippen molar-refractivity contribution in [2.75, 3.05) is 6.54 Å². The van der Waals surface area contributed by atoms with Crippen molar-refractivity contribution in [1.29, 1.82) is 0 Å². The van der Waals surface area contributed by atoms with Gasteiger partial charge in [-0.1, -0.05) is 68.8 Å². The Labute approximate surface area is 165 Å². The second kappa shape index (κ2) is 9.75. The summed E-state index contributed by atoms with van der Waals surface area (Å²) in [5, 5.41) is 3.29. The van der Waals surface area contributed by atoms with E-state index in [0.29, 0.717) is 0 Å². The maximum absolute atomic E-state index is 3.89. The SMILES string of the molecule is C=C(C)NCc1ccc(CN2CCc3cc(CCCCC)ccc3C2)cc1. The van der Waals surface area contributed by atoms with E-state index < -0.39 is 0 Å². The van der Waals surface area contributed by atoms with Crippen molar-refractivity contribution >= 4 is 0 Å². The van der Waals surface area contributed by atoms with E-state index in [2.05, 4.69) is 66.2 Å². The fourth-order valence-electron chi connectivity index (χ4n) is 3.81. The van der Waals surface area contributed by atoms with E-state index in [1.54, 1.807) is 5.56 Å². The number of hydrogen-bond acceptors (Lipinski definition) is 2. The van der Waals surface area contributed by atoms with Gasteiger partial charge in [-0.3, -0.25) is 4.90 Å². The Balaban J connectivity index is 1.54. The molecule has 0 aliphatic carbocycles. The van der Waals surface area contributed by atoms with E-state index in [-0.39, 0.29) is 0 Å². The molecule has 0 radical (unpaired) electrons. The number of rotatable bonds is 9. The van der Waals surface area contributed by atoms with Crippen molar-refractivity contribution in [3.63, 3.8) is 0 Å². The Bertz CT molecular complexity index is 745. The average molecular weight is 363 g/mol. The van der Waals surface area contributed by atoms with E-state index in [1.165, 1.54) is 54.4 Å². The predicted molar refractivity (Wildman–Crippen MR) is 116 cm³/mol. The van der Waals surface area contributed by atoms with Crippen LogP contribution in [0, 0.1) is 0 Å². The highest BCUT2D eigenvalue weighted by atomic mass is 15.1. The van der Waals surface area contributed by atoms with Gasteiger partial charge in [-0.2, -0.15) is 0 Å². The number of benzene rings is 2. The zero-order chi connectivity index (χ0) is 19.1. The van der Waals surface area contributed by atoms with Crippen molar-refractivity contribution in [1.82, 2.24) is 10.2 Å². The quantitative estimate of drug-likeness (QED) is 0.584. The van der Waals surface area contributed by atoms with Crippen LogP contribution in [0.2, 0.25) is 0 Å². The monoisotopic (exact) mass is 362 g/mol. The Kier molecular flexibility index (Phi) is 7.11. The number of nitrogens with zero attached hydrogens (tertiary/aromatic N) is 1. The Morgan fingerprint density at radius 1 is 1.00 bits per heavy atom. The fourth-order valence-corrected chi connectivity index (χ4v) is 3.81. The maximum Gasteiger partial charge on any atom is 0.0397 e. The summed E-state index contributed by atoms with van der Waals surface area (Å²) in [6, 6.07) is 16.2. The molecule has 0 amide bonds. The molecule has 144 valence electrons. The third-order valence-electron chi connectivity index (χ3n) is 5.45. The first-order valence-corrected chi connectivity index (χ1v) is 10.4. The summed E-state index contributed by atoms with van der Waals surface area (Å²) in [5.41, 5.74) is 8.33. The molecule has 0 spiro atoms. The molecule has 0 fully saturated rings. The number of unbranched alkanes of at least 4 members (excludes halogenated alkanes) is 2. The first-order chi connectivity index (χ1) is 13.1. The lowest BCUT2D eigenvalue weighted by atomic mass is 9.95. The minimum Gasteiger partial charge on any atom is -0.385 e. The lowest BCUT2D eigenvalue weighted by Gasteiger charge is -2.29. The van der Waals surface area contributed by atoms with E-state index in [1.807, 2.05) is 6.92 Å². The van der Waals surface area contributed by atoms with Crippen LogP contribution in [0.25, 0.3) is 0 Å². The molecule has 0 atom stereocenters. The lowest BCUT2D eigenvalue weighted by molar-refractivity contribution is 0.245. The highest BCUT2D eigenvalue weighted by molar-refractivity contribution is 5.34. The Morgan fingerprint density at radius 2 is 1.74 bits per heavy atom. The van der Waals surface area contributed by atoms with Gasteiger partial charge in [-0.05, 0) is 54.0 Å². The van der Waals surface area contributed by atoms with Crippen LogP contribution in [0.15, 0.2) is 54.7 Å². The molecule has 0 bridgehead atoms. The fraction of sp³-hybridized carbons (Fsp3) is 0.440. The molecule has 1 aliphatic heterocycles. The minimum atomic E-state index is 0.854. The second-order valence-corrected chi connectivity index (χ2v) is 7.97. The molecule has 3 rings (SSSR count). The van der Waals surface area contributed by atoms with Crippen LogP contribution in [0.4, 0.5) is 0 Å². The van der Waals surface area contributed by atoms with E-state index in [4.69, 9.17) is 0 Å². The standard InChI is InChI=1S/C25H34N2/c1-4-5-6-7-21-12-13-25-19-27(15-14-24(25)16-21)18-23-10-8-22(9-11-23)17-26-20(2)3/h8-13,16,26H,2,4-7,14-15,17-19H2,1,3H3. The van der Waals surface area contributed by atoms with E-state index >= 15 is 0 Å². The topological polar surface area (TPSA) is 15.3 Å². The molecule has 2 heteroatoms. The van der Waals surface area contributed by atoms with E-state index in [9.17, 15) is 0 Å². The highest BCUT2D eigenvalue weighted by Crippen LogP contribution is 2.23. The summed E-state index contributed by atoms with van der Waals surface area (Å²) in [5.74, 6) is 0. The Hall–Kier alpha value is -2.06. The summed E-state index contributed by atoms with van der Waals surface area (Å²) in [6.07, 6.45) is 6.37. The molecule has 2 nitrogen and oxygen atoms in total. The van der Waals surface area contributed by atoms with Crippen molar-refractivity contribution in [3.8, 4) is 0 Å². The number of nitrogens with one attached hydrogen (secondary N) is 1.